The summed E-state index contributed by atoms with van der Waals surface area (Å²) in [6.45, 7) is 2.48. The van der Waals surface area contributed by atoms with Crippen LogP contribution in [-0.2, 0) is 14.3 Å². The van der Waals surface area contributed by atoms with Crippen LogP contribution in [0, 0.1) is 5.92 Å². The van der Waals surface area contributed by atoms with E-state index in [9.17, 15) is 9.59 Å². The topological polar surface area (TPSA) is 75.6 Å². The summed E-state index contributed by atoms with van der Waals surface area (Å²) in [7, 11) is 0. The lowest BCUT2D eigenvalue weighted by Gasteiger charge is -2.12. The van der Waals surface area contributed by atoms with E-state index in [-0.39, 0.29) is 6.04 Å². The molecule has 5 heteroatoms. The first-order valence-electron chi connectivity index (χ1n) is 4.22. The molecule has 0 aliphatic carbocycles. The normalized spacial score (nSPS) is 23.9. The van der Waals surface area contributed by atoms with Crippen molar-refractivity contribution in [2.24, 2.45) is 5.92 Å². The maximum Gasteiger partial charge on any atom is 0.315 e. The molecule has 0 spiro atoms. The van der Waals surface area contributed by atoms with Crippen LogP contribution in [0.25, 0.3) is 0 Å². The molecule has 13 heavy (non-hydrogen) atoms. The van der Waals surface area contributed by atoms with Gasteiger partial charge in [-0.2, -0.15) is 0 Å². The number of amides is 1. The number of carbonyl (C=O) groups excluding carboxylic acids is 1. The molecular weight excluding hydrogens is 174 g/mol. The number of carbonyl (C=O) groups is 2. The van der Waals surface area contributed by atoms with Crippen LogP contribution in [0.15, 0.2) is 0 Å². The Morgan fingerprint density at radius 2 is 2.31 bits per heavy atom. The van der Waals surface area contributed by atoms with Gasteiger partial charge in [-0.1, -0.05) is 0 Å². The lowest BCUT2D eigenvalue weighted by atomic mass is 10.1. The van der Waals surface area contributed by atoms with Gasteiger partial charge in [0.2, 0.25) is 5.91 Å². The van der Waals surface area contributed by atoms with E-state index < -0.39 is 17.8 Å². The van der Waals surface area contributed by atoms with Crippen LogP contribution in [0.1, 0.15) is 13.3 Å². The fourth-order valence-corrected chi connectivity index (χ4v) is 1.09. The van der Waals surface area contributed by atoms with Gasteiger partial charge < -0.3 is 15.2 Å². The molecule has 0 aromatic carbocycles. The fourth-order valence-electron chi connectivity index (χ4n) is 1.09. The smallest absolute Gasteiger partial charge is 0.315 e. The Morgan fingerprint density at radius 3 is 2.77 bits per heavy atom. The molecule has 0 saturated carbocycles. The minimum absolute atomic E-state index is 0.0192. The lowest BCUT2D eigenvalue weighted by Crippen LogP contribution is -2.40. The SMILES string of the molecule is CC(C(=O)O)C(=O)NC1CCOC1. The predicted molar refractivity (Wildman–Crippen MR) is 44.2 cm³/mol. The van der Waals surface area contributed by atoms with Crippen LogP contribution < -0.4 is 5.32 Å². The molecule has 0 radical (unpaired) electrons. The zero-order valence-corrected chi connectivity index (χ0v) is 7.45. The van der Waals surface area contributed by atoms with Gasteiger partial charge in [-0.25, -0.2) is 0 Å². The highest BCUT2D eigenvalue weighted by Crippen LogP contribution is 2.05. The summed E-state index contributed by atoms with van der Waals surface area (Å²) >= 11 is 0. The number of ether oxygens (including phenoxy) is 1. The maximum absolute atomic E-state index is 11.2. The van der Waals surface area contributed by atoms with Gasteiger partial charge in [-0.3, -0.25) is 9.59 Å². The molecule has 0 aromatic heterocycles. The van der Waals surface area contributed by atoms with Gasteiger partial charge in [0.15, 0.2) is 0 Å². The van der Waals surface area contributed by atoms with E-state index in [4.69, 9.17) is 9.84 Å². The minimum atomic E-state index is -1.10. The predicted octanol–water partition coefficient (Wildman–Crippen LogP) is -0.388. The number of nitrogens with one attached hydrogen (secondary N) is 1. The van der Waals surface area contributed by atoms with Crippen molar-refractivity contribution < 1.29 is 19.4 Å². The third kappa shape index (κ3) is 2.69. The van der Waals surface area contributed by atoms with Gasteiger partial charge in [-0.05, 0) is 13.3 Å². The molecular formula is C8H13NO4. The summed E-state index contributed by atoms with van der Waals surface area (Å²) < 4.78 is 5.04. The molecule has 0 aromatic rings. The fraction of sp³-hybridized carbons (Fsp3) is 0.750. The van der Waals surface area contributed by atoms with Crippen molar-refractivity contribution in [2.75, 3.05) is 13.2 Å². The second-order valence-corrected chi connectivity index (χ2v) is 3.13. The van der Waals surface area contributed by atoms with Crippen LogP contribution >= 0.6 is 0 Å². The Morgan fingerprint density at radius 1 is 1.62 bits per heavy atom. The van der Waals surface area contributed by atoms with E-state index in [1.165, 1.54) is 6.92 Å². The molecule has 2 N–H and O–H groups in total. The minimum Gasteiger partial charge on any atom is -0.481 e. The molecule has 1 fully saturated rings. The van der Waals surface area contributed by atoms with Crippen LogP contribution in [0.4, 0.5) is 0 Å². The van der Waals surface area contributed by atoms with Crippen LogP contribution in [-0.4, -0.2) is 36.2 Å². The summed E-state index contributed by atoms with van der Waals surface area (Å²) in [4.78, 5) is 21.6. The quantitative estimate of drug-likeness (QED) is 0.590. The first-order chi connectivity index (χ1) is 6.11. The standard InChI is InChI=1S/C8H13NO4/c1-5(8(11)12)7(10)9-6-2-3-13-4-6/h5-6H,2-4H2,1H3,(H,9,10)(H,11,12). The summed E-state index contributed by atoms with van der Waals surface area (Å²) in [5.41, 5.74) is 0. The number of carboxylic acid groups (broad SMARTS) is 1. The largest absolute Gasteiger partial charge is 0.481 e. The van der Waals surface area contributed by atoms with Crippen molar-refractivity contribution in [3.8, 4) is 0 Å². The number of carboxylic acids is 1. The summed E-state index contributed by atoms with van der Waals surface area (Å²) in [5.74, 6) is -2.53. The van der Waals surface area contributed by atoms with Crippen molar-refractivity contribution in [3.05, 3.63) is 0 Å². The molecule has 5 nitrogen and oxygen atoms in total. The van der Waals surface area contributed by atoms with E-state index in [0.29, 0.717) is 13.2 Å². The van der Waals surface area contributed by atoms with Crippen LogP contribution in [0.2, 0.25) is 0 Å². The molecule has 74 valence electrons. The van der Waals surface area contributed by atoms with E-state index in [1.807, 2.05) is 0 Å². The Bertz CT molecular complexity index is 210. The third-order valence-corrected chi connectivity index (χ3v) is 2.04. The Kier molecular flexibility index (Phi) is 3.25. The highest BCUT2D eigenvalue weighted by molar-refractivity contribution is 5.96. The number of hydrogen-bond acceptors (Lipinski definition) is 3. The van der Waals surface area contributed by atoms with Crippen LogP contribution in [0.5, 0.6) is 0 Å². The Hall–Kier alpha value is -1.10. The van der Waals surface area contributed by atoms with Gasteiger partial charge in [0.05, 0.1) is 12.6 Å². The van der Waals surface area contributed by atoms with Crippen molar-refractivity contribution in [3.63, 3.8) is 0 Å². The third-order valence-electron chi connectivity index (χ3n) is 2.04. The van der Waals surface area contributed by atoms with Crippen molar-refractivity contribution in [1.29, 1.82) is 0 Å². The molecule has 1 aliphatic rings. The zero-order chi connectivity index (χ0) is 9.84. The van der Waals surface area contributed by atoms with Gasteiger partial charge in [0.25, 0.3) is 0 Å². The molecule has 1 rings (SSSR count). The van der Waals surface area contributed by atoms with Crippen molar-refractivity contribution >= 4 is 11.9 Å². The summed E-state index contributed by atoms with van der Waals surface area (Å²) in [6, 6.07) is -0.0192. The first kappa shape index (κ1) is 9.98. The molecule has 2 atom stereocenters. The van der Waals surface area contributed by atoms with E-state index in [2.05, 4.69) is 5.32 Å². The van der Waals surface area contributed by atoms with E-state index >= 15 is 0 Å². The first-order valence-corrected chi connectivity index (χ1v) is 4.22. The average molecular weight is 187 g/mol. The zero-order valence-electron chi connectivity index (χ0n) is 7.45. The van der Waals surface area contributed by atoms with Crippen molar-refractivity contribution in [2.45, 2.75) is 19.4 Å². The molecule has 2 unspecified atom stereocenters. The summed E-state index contributed by atoms with van der Waals surface area (Å²) in [5, 5.41) is 11.1. The molecule has 0 bridgehead atoms. The Balaban J connectivity index is 2.35. The van der Waals surface area contributed by atoms with Gasteiger partial charge in [0.1, 0.15) is 5.92 Å². The van der Waals surface area contributed by atoms with Gasteiger partial charge >= 0.3 is 5.97 Å². The van der Waals surface area contributed by atoms with Crippen molar-refractivity contribution in [1.82, 2.24) is 5.32 Å². The maximum atomic E-state index is 11.2. The highest BCUT2D eigenvalue weighted by Gasteiger charge is 2.24. The Labute approximate surface area is 76.1 Å². The van der Waals surface area contributed by atoms with Crippen LogP contribution in [0.3, 0.4) is 0 Å². The summed E-state index contributed by atoms with van der Waals surface area (Å²) in [6.07, 6.45) is 0.762. The monoisotopic (exact) mass is 187 g/mol. The molecule has 1 saturated heterocycles. The second-order valence-electron chi connectivity index (χ2n) is 3.13. The van der Waals surface area contributed by atoms with Gasteiger partial charge in [-0.15, -0.1) is 0 Å². The number of aliphatic carboxylic acids is 1. The van der Waals surface area contributed by atoms with E-state index in [1.54, 1.807) is 0 Å². The molecule has 1 amide bonds. The van der Waals surface area contributed by atoms with E-state index in [0.717, 1.165) is 6.42 Å². The highest BCUT2D eigenvalue weighted by atomic mass is 16.5. The second kappa shape index (κ2) is 4.23. The number of hydrogen-bond donors (Lipinski definition) is 2. The number of rotatable bonds is 3. The molecule has 1 heterocycles. The lowest BCUT2D eigenvalue weighted by molar-refractivity contribution is -0.146. The molecule has 1 aliphatic heterocycles. The average Bonchev–Trinajstić information content (AvgIpc) is 2.55. The van der Waals surface area contributed by atoms with Gasteiger partial charge in [0, 0.05) is 6.61 Å².